The summed E-state index contributed by atoms with van der Waals surface area (Å²) in [6, 6.07) is 16.6. The van der Waals surface area contributed by atoms with Crippen LogP contribution in [-0.2, 0) is 6.42 Å². The molecule has 152 valence electrons. The lowest BCUT2D eigenvalue weighted by Gasteiger charge is -2.17. The standard InChI is InChI=1S/C25H32O.C2H6/c1-5-24(26)23-17-15-22(16-18-23)21-13-11-20(12-14-21)10-8-6-7-9-19-25(2,3)4;1-2/h5,11-18H,1,6-10,19H2,2-4H3;1-2H3. The van der Waals surface area contributed by atoms with E-state index in [1.54, 1.807) is 0 Å². The smallest absolute Gasteiger partial charge is 0.185 e. The Morgan fingerprint density at radius 3 is 1.82 bits per heavy atom. The Hall–Kier alpha value is -2.15. The van der Waals surface area contributed by atoms with Crippen LogP contribution in [0, 0.1) is 5.41 Å². The first-order chi connectivity index (χ1) is 13.4. The molecule has 0 amide bonds. The third-order valence-corrected chi connectivity index (χ3v) is 4.78. The molecule has 0 radical (unpaired) electrons. The van der Waals surface area contributed by atoms with Gasteiger partial charge in [-0.3, -0.25) is 4.79 Å². The molecule has 28 heavy (non-hydrogen) atoms. The monoisotopic (exact) mass is 378 g/mol. The number of ketones is 1. The second kappa shape index (κ2) is 12.3. The summed E-state index contributed by atoms with van der Waals surface area (Å²) in [4.78, 5) is 11.6. The fourth-order valence-corrected chi connectivity index (χ4v) is 3.15. The molecule has 0 aliphatic heterocycles. The third-order valence-electron chi connectivity index (χ3n) is 4.78. The summed E-state index contributed by atoms with van der Waals surface area (Å²) in [5.74, 6) is -0.0330. The summed E-state index contributed by atoms with van der Waals surface area (Å²) in [5.41, 5.74) is 4.89. The number of benzene rings is 2. The predicted molar refractivity (Wildman–Crippen MR) is 124 cm³/mol. The Morgan fingerprint density at radius 1 is 0.821 bits per heavy atom. The molecule has 0 unspecified atom stereocenters. The number of rotatable bonds is 9. The summed E-state index contributed by atoms with van der Waals surface area (Å²) in [5, 5.41) is 0. The quantitative estimate of drug-likeness (QED) is 0.244. The largest absolute Gasteiger partial charge is 0.289 e. The normalized spacial score (nSPS) is 10.8. The minimum Gasteiger partial charge on any atom is -0.289 e. The van der Waals surface area contributed by atoms with Crippen LogP contribution in [0.1, 0.15) is 82.6 Å². The number of aryl methyl sites for hydroxylation is 1. The maximum atomic E-state index is 11.6. The van der Waals surface area contributed by atoms with Gasteiger partial charge in [0.25, 0.3) is 0 Å². The lowest BCUT2D eigenvalue weighted by atomic mass is 9.89. The fraction of sp³-hybridized carbons (Fsp3) is 0.444. The Balaban J connectivity index is 0.00000190. The van der Waals surface area contributed by atoms with Gasteiger partial charge in [0.1, 0.15) is 0 Å². The summed E-state index contributed by atoms with van der Waals surface area (Å²) >= 11 is 0. The highest BCUT2D eigenvalue weighted by atomic mass is 16.1. The zero-order chi connectivity index (χ0) is 21.0. The van der Waals surface area contributed by atoms with Gasteiger partial charge in [0.2, 0.25) is 0 Å². The maximum Gasteiger partial charge on any atom is 0.185 e. The van der Waals surface area contributed by atoms with E-state index >= 15 is 0 Å². The molecule has 1 heteroatoms. The van der Waals surface area contributed by atoms with Crippen molar-refractivity contribution >= 4 is 5.78 Å². The van der Waals surface area contributed by atoms with Crippen molar-refractivity contribution in [3.63, 3.8) is 0 Å². The molecule has 0 bridgehead atoms. The van der Waals surface area contributed by atoms with Crippen molar-refractivity contribution in [2.45, 2.75) is 73.1 Å². The van der Waals surface area contributed by atoms with Crippen LogP contribution in [0.5, 0.6) is 0 Å². The van der Waals surface area contributed by atoms with Crippen LogP contribution < -0.4 is 0 Å². The SMILES string of the molecule is C=CC(=O)c1ccc(-c2ccc(CCCCCCC(C)(C)C)cc2)cc1.CC. The number of unbranched alkanes of at least 4 members (excludes halogenated alkanes) is 3. The first kappa shape index (κ1) is 23.9. The van der Waals surface area contributed by atoms with Crippen LogP contribution in [0.2, 0.25) is 0 Å². The average molecular weight is 379 g/mol. The molecular formula is C27H38O. The van der Waals surface area contributed by atoms with Gasteiger partial charge in [0.05, 0.1) is 0 Å². The highest BCUT2D eigenvalue weighted by Crippen LogP contribution is 2.23. The number of carbonyl (C=O) groups excluding carboxylic acids is 1. The molecule has 2 rings (SSSR count). The molecule has 0 aliphatic carbocycles. The number of carbonyl (C=O) groups is 1. The second-order valence-corrected chi connectivity index (χ2v) is 8.32. The van der Waals surface area contributed by atoms with E-state index in [0.29, 0.717) is 11.0 Å². The Labute approximate surface area is 172 Å². The third kappa shape index (κ3) is 8.69. The van der Waals surface area contributed by atoms with Crippen molar-refractivity contribution in [2.24, 2.45) is 5.41 Å². The molecule has 0 aliphatic rings. The van der Waals surface area contributed by atoms with Gasteiger partial charge in [-0.2, -0.15) is 0 Å². The van der Waals surface area contributed by atoms with Crippen LogP contribution in [0.15, 0.2) is 61.2 Å². The Bertz CT molecular complexity index is 699. The molecule has 0 atom stereocenters. The van der Waals surface area contributed by atoms with Gasteiger partial charge in [-0.25, -0.2) is 0 Å². The summed E-state index contributed by atoms with van der Waals surface area (Å²) < 4.78 is 0. The van der Waals surface area contributed by atoms with Crippen LogP contribution in [0.3, 0.4) is 0 Å². The van der Waals surface area contributed by atoms with Crippen LogP contribution in [-0.4, -0.2) is 5.78 Å². The van der Waals surface area contributed by atoms with Gasteiger partial charge in [0.15, 0.2) is 5.78 Å². The van der Waals surface area contributed by atoms with E-state index < -0.39 is 0 Å². The van der Waals surface area contributed by atoms with E-state index in [1.807, 2.05) is 38.1 Å². The van der Waals surface area contributed by atoms with E-state index in [1.165, 1.54) is 49.3 Å². The lowest BCUT2D eigenvalue weighted by Crippen LogP contribution is -2.03. The predicted octanol–water partition coefficient (Wildman–Crippen LogP) is 8.29. The van der Waals surface area contributed by atoms with E-state index in [-0.39, 0.29) is 5.78 Å². The number of allylic oxidation sites excluding steroid dienone is 1. The van der Waals surface area contributed by atoms with Gasteiger partial charge in [-0.15, -0.1) is 0 Å². The van der Waals surface area contributed by atoms with E-state index in [0.717, 1.165) is 12.0 Å². The first-order valence-electron chi connectivity index (χ1n) is 10.8. The molecular weight excluding hydrogens is 340 g/mol. The molecule has 2 aromatic carbocycles. The molecule has 0 aromatic heterocycles. The van der Waals surface area contributed by atoms with Gasteiger partial charge in [0, 0.05) is 5.56 Å². The summed E-state index contributed by atoms with van der Waals surface area (Å²) in [6.07, 6.45) is 9.09. The number of hydrogen-bond acceptors (Lipinski definition) is 1. The lowest BCUT2D eigenvalue weighted by molar-refractivity contribution is 0.104. The van der Waals surface area contributed by atoms with E-state index in [9.17, 15) is 4.79 Å². The van der Waals surface area contributed by atoms with Crippen LogP contribution in [0.4, 0.5) is 0 Å². The molecule has 0 spiro atoms. The average Bonchev–Trinajstić information content (AvgIpc) is 2.71. The van der Waals surface area contributed by atoms with Crippen molar-refractivity contribution < 1.29 is 4.79 Å². The van der Waals surface area contributed by atoms with Gasteiger partial charge in [-0.1, -0.05) is 109 Å². The van der Waals surface area contributed by atoms with Crippen LogP contribution in [0.25, 0.3) is 11.1 Å². The fourth-order valence-electron chi connectivity index (χ4n) is 3.15. The summed E-state index contributed by atoms with van der Waals surface area (Å²) in [6.45, 7) is 14.5. The molecule has 0 heterocycles. The van der Waals surface area contributed by atoms with E-state index in [4.69, 9.17) is 0 Å². The molecule has 1 nitrogen and oxygen atoms in total. The highest BCUT2D eigenvalue weighted by Gasteiger charge is 2.08. The van der Waals surface area contributed by atoms with Crippen molar-refractivity contribution in [3.8, 4) is 11.1 Å². The zero-order valence-corrected chi connectivity index (χ0v) is 18.6. The maximum absolute atomic E-state index is 11.6. The minimum absolute atomic E-state index is 0.0330. The van der Waals surface area contributed by atoms with Crippen molar-refractivity contribution in [2.75, 3.05) is 0 Å². The van der Waals surface area contributed by atoms with Crippen molar-refractivity contribution in [1.82, 2.24) is 0 Å². The Morgan fingerprint density at radius 2 is 1.32 bits per heavy atom. The first-order valence-corrected chi connectivity index (χ1v) is 10.8. The molecule has 0 saturated heterocycles. The summed E-state index contributed by atoms with van der Waals surface area (Å²) in [7, 11) is 0. The van der Waals surface area contributed by atoms with Crippen molar-refractivity contribution in [1.29, 1.82) is 0 Å². The zero-order valence-electron chi connectivity index (χ0n) is 18.6. The number of hydrogen-bond donors (Lipinski definition) is 0. The van der Waals surface area contributed by atoms with Crippen LogP contribution >= 0.6 is 0 Å². The second-order valence-electron chi connectivity index (χ2n) is 8.32. The van der Waals surface area contributed by atoms with E-state index in [2.05, 4.69) is 51.6 Å². The molecule has 0 fully saturated rings. The molecule has 0 saturated carbocycles. The van der Waals surface area contributed by atoms with Gasteiger partial charge >= 0.3 is 0 Å². The molecule has 0 N–H and O–H groups in total. The Kier molecular flexibility index (Phi) is 10.5. The highest BCUT2D eigenvalue weighted by molar-refractivity contribution is 6.04. The minimum atomic E-state index is -0.0330. The van der Waals surface area contributed by atoms with Gasteiger partial charge < -0.3 is 0 Å². The van der Waals surface area contributed by atoms with Gasteiger partial charge in [-0.05, 0) is 47.4 Å². The molecule has 2 aromatic rings. The van der Waals surface area contributed by atoms with Crippen molar-refractivity contribution in [3.05, 3.63) is 72.3 Å². The topological polar surface area (TPSA) is 17.1 Å².